The van der Waals surface area contributed by atoms with E-state index in [1.807, 2.05) is 0 Å². The number of allylic oxidation sites excluding steroid dienone is 1. The van der Waals surface area contributed by atoms with Crippen LogP contribution in [0.15, 0.2) is 11.3 Å². The molecule has 3 nitrogen and oxygen atoms in total. The van der Waals surface area contributed by atoms with Crippen molar-refractivity contribution in [2.24, 2.45) is 5.73 Å². The Morgan fingerprint density at radius 1 is 1.45 bits per heavy atom. The van der Waals surface area contributed by atoms with Gasteiger partial charge in [-0.15, -0.1) is 12.4 Å². The van der Waals surface area contributed by atoms with E-state index in [4.69, 9.17) is 5.73 Å². The van der Waals surface area contributed by atoms with Gasteiger partial charge in [0.1, 0.15) is 5.70 Å². The van der Waals surface area contributed by atoms with E-state index in [0.29, 0.717) is 6.61 Å². The number of halogens is 1. The summed E-state index contributed by atoms with van der Waals surface area (Å²) < 4.78 is 4.64. The molecule has 11 heavy (non-hydrogen) atoms. The minimum atomic E-state index is -0.428. The van der Waals surface area contributed by atoms with Gasteiger partial charge in [-0.25, -0.2) is 4.79 Å². The van der Waals surface area contributed by atoms with E-state index in [0.717, 1.165) is 5.57 Å². The molecular weight excluding hydrogens is 166 g/mol. The zero-order valence-corrected chi connectivity index (χ0v) is 7.83. The first-order chi connectivity index (χ1) is 4.59. The molecule has 4 heteroatoms. The molecule has 0 unspecified atom stereocenters. The van der Waals surface area contributed by atoms with E-state index in [2.05, 4.69) is 4.74 Å². The number of nitrogens with two attached hydrogens (primary N) is 1. The van der Waals surface area contributed by atoms with Crippen molar-refractivity contribution in [3.8, 4) is 0 Å². The van der Waals surface area contributed by atoms with Gasteiger partial charge in [0.2, 0.25) is 0 Å². The molecule has 2 N–H and O–H groups in total. The number of esters is 1. The topological polar surface area (TPSA) is 52.3 Å². The number of hydrogen-bond acceptors (Lipinski definition) is 3. The molecule has 0 aromatic rings. The number of carbonyl (C=O) groups is 1. The molecule has 0 amide bonds. The lowest BCUT2D eigenvalue weighted by molar-refractivity contribution is -0.138. The van der Waals surface area contributed by atoms with Crippen molar-refractivity contribution >= 4 is 18.4 Å². The van der Waals surface area contributed by atoms with Crippen LogP contribution in [0, 0.1) is 0 Å². The normalized spacial score (nSPS) is 7.91. The lowest BCUT2D eigenvalue weighted by atomic mass is 10.3. The molecule has 0 aliphatic heterocycles. The monoisotopic (exact) mass is 179 g/mol. The fourth-order valence-corrected chi connectivity index (χ4v) is 0.413. The third kappa shape index (κ3) is 4.67. The van der Waals surface area contributed by atoms with E-state index >= 15 is 0 Å². The second-order valence-corrected chi connectivity index (χ2v) is 2.13. The molecular formula is C7H14ClNO2. The van der Waals surface area contributed by atoms with E-state index in [1.165, 1.54) is 0 Å². The van der Waals surface area contributed by atoms with Gasteiger partial charge < -0.3 is 10.5 Å². The van der Waals surface area contributed by atoms with Crippen LogP contribution in [-0.2, 0) is 9.53 Å². The van der Waals surface area contributed by atoms with Gasteiger partial charge >= 0.3 is 5.97 Å². The van der Waals surface area contributed by atoms with Crippen LogP contribution in [0.2, 0.25) is 0 Å². The van der Waals surface area contributed by atoms with Gasteiger partial charge in [0.15, 0.2) is 0 Å². The first-order valence-electron chi connectivity index (χ1n) is 3.19. The third-order valence-electron chi connectivity index (χ3n) is 1.03. The smallest absolute Gasteiger partial charge is 0.354 e. The van der Waals surface area contributed by atoms with Crippen LogP contribution in [0.25, 0.3) is 0 Å². The van der Waals surface area contributed by atoms with Crippen molar-refractivity contribution in [1.29, 1.82) is 0 Å². The molecule has 0 aliphatic rings. The molecule has 0 atom stereocenters. The first kappa shape index (κ1) is 12.9. The summed E-state index contributed by atoms with van der Waals surface area (Å²) in [5.41, 5.74) is 6.35. The zero-order valence-electron chi connectivity index (χ0n) is 7.01. The van der Waals surface area contributed by atoms with Gasteiger partial charge in [-0.2, -0.15) is 0 Å². The Kier molecular flexibility index (Phi) is 7.10. The van der Waals surface area contributed by atoms with E-state index in [-0.39, 0.29) is 18.1 Å². The highest BCUT2D eigenvalue weighted by atomic mass is 35.5. The second kappa shape index (κ2) is 6.04. The van der Waals surface area contributed by atoms with Crippen molar-refractivity contribution in [2.75, 3.05) is 6.61 Å². The highest BCUT2D eigenvalue weighted by molar-refractivity contribution is 5.88. The highest BCUT2D eigenvalue weighted by Crippen LogP contribution is 1.97. The van der Waals surface area contributed by atoms with Crippen LogP contribution in [0.5, 0.6) is 0 Å². The summed E-state index contributed by atoms with van der Waals surface area (Å²) in [6, 6.07) is 0. The maximum absolute atomic E-state index is 10.8. The summed E-state index contributed by atoms with van der Waals surface area (Å²) in [6.45, 7) is 5.65. The maximum Gasteiger partial charge on any atom is 0.354 e. The van der Waals surface area contributed by atoms with Crippen molar-refractivity contribution in [1.82, 2.24) is 0 Å². The SMILES string of the molecule is CCOC(=O)C(N)=C(C)C.Cl. The van der Waals surface area contributed by atoms with Gasteiger partial charge in [-0.05, 0) is 26.3 Å². The van der Waals surface area contributed by atoms with Gasteiger partial charge in [-0.1, -0.05) is 0 Å². The fraction of sp³-hybridized carbons (Fsp3) is 0.571. The van der Waals surface area contributed by atoms with Gasteiger partial charge in [0.05, 0.1) is 6.61 Å². The van der Waals surface area contributed by atoms with Crippen molar-refractivity contribution in [2.45, 2.75) is 20.8 Å². The van der Waals surface area contributed by atoms with Gasteiger partial charge in [-0.3, -0.25) is 0 Å². The van der Waals surface area contributed by atoms with Crippen LogP contribution in [0.1, 0.15) is 20.8 Å². The largest absolute Gasteiger partial charge is 0.461 e. The summed E-state index contributed by atoms with van der Waals surface area (Å²) in [5, 5.41) is 0. The average molecular weight is 180 g/mol. The Bertz CT molecular complexity index is 162. The summed E-state index contributed by atoms with van der Waals surface area (Å²) in [4.78, 5) is 10.8. The summed E-state index contributed by atoms with van der Waals surface area (Å²) in [7, 11) is 0. The minimum absolute atomic E-state index is 0. The quantitative estimate of drug-likeness (QED) is 0.513. The molecule has 0 aliphatic carbocycles. The standard InChI is InChI=1S/C7H13NO2.ClH/c1-4-10-7(9)6(8)5(2)3;/h4,8H2,1-3H3;1H. The molecule has 0 rings (SSSR count). The molecule has 0 heterocycles. The maximum atomic E-state index is 10.8. The molecule has 0 aromatic heterocycles. The Hall–Kier alpha value is -0.700. The molecule has 0 spiro atoms. The summed E-state index contributed by atoms with van der Waals surface area (Å²) in [6.07, 6.45) is 0. The number of carbonyl (C=O) groups excluding carboxylic acids is 1. The number of rotatable bonds is 2. The molecule has 0 saturated heterocycles. The third-order valence-corrected chi connectivity index (χ3v) is 1.03. The van der Waals surface area contributed by atoms with Crippen molar-refractivity contribution < 1.29 is 9.53 Å². The lowest BCUT2D eigenvalue weighted by Crippen LogP contribution is -2.15. The van der Waals surface area contributed by atoms with E-state index < -0.39 is 5.97 Å². The molecule has 0 fully saturated rings. The van der Waals surface area contributed by atoms with E-state index in [1.54, 1.807) is 20.8 Å². The van der Waals surface area contributed by atoms with Crippen LogP contribution < -0.4 is 5.73 Å². The van der Waals surface area contributed by atoms with Crippen LogP contribution >= 0.6 is 12.4 Å². The average Bonchev–Trinajstić information content (AvgIpc) is 1.87. The Labute approximate surface area is 73.0 Å². The number of hydrogen-bond donors (Lipinski definition) is 1. The Balaban J connectivity index is 0. The van der Waals surface area contributed by atoms with Crippen LogP contribution in [0.3, 0.4) is 0 Å². The van der Waals surface area contributed by atoms with E-state index in [9.17, 15) is 4.79 Å². The minimum Gasteiger partial charge on any atom is -0.461 e. The number of ether oxygens (including phenoxy) is 1. The lowest BCUT2D eigenvalue weighted by Gasteiger charge is -2.01. The predicted molar refractivity (Wildman–Crippen MR) is 46.4 cm³/mol. The van der Waals surface area contributed by atoms with Crippen LogP contribution in [-0.4, -0.2) is 12.6 Å². The highest BCUT2D eigenvalue weighted by Gasteiger charge is 2.05. The molecule has 0 radical (unpaired) electrons. The first-order valence-corrected chi connectivity index (χ1v) is 3.19. The van der Waals surface area contributed by atoms with Crippen LogP contribution in [0.4, 0.5) is 0 Å². The van der Waals surface area contributed by atoms with Crippen molar-refractivity contribution in [3.05, 3.63) is 11.3 Å². The Morgan fingerprint density at radius 2 is 1.91 bits per heavy atom. The molecule has 0 aromatic carbocycles. The van der Waals surface area contributed by atoms with Crippen molar-refractivity contribution in [3.63, 3.8) is 0 Å². The predicted octanol–water partition coefficient (Wildman–Crippen LogP) is 1.22. The molecule has 0 bridgehead atoms. The van der Waals surface area contributed by atoms with Gasteiger partial charge in [0.25, 0.3) is 0 Å². The summed E-state index contributed by atoms with van der Waals surface area (Å²) >= 11 is 0. The molecule has 66 valence electrons. The summed E-state index contributed by atoms with van der Waals surface area (Å²) in [5.74, 6) is -0.428. The second-order valence-electron chi connectivity index (χ2n) is 2.13. The Morgan fingerprint density at radius 3 is 2.18 bits per heavy atom. The zero-order chi connectivity index (χ0) is 8.15. The fourth-order valence-electron chi connectivity index (χ4n) is 0.413. The van der Waals surface area contributed by atoms with Gasteiger partial charge in [0, 0.05) is 0 Å². The molecule has 0 saturated carbocycles.